The molecule has 0 bridgehead atoms. The minimum atomic E-state index is -0.296. The molecule has 0 amide bonds. The van der Waals surface area contributed by atoms with Gasteiger partial charge in [0.2, 0.25) is 0 Å². The van der Waals surface area contributed by atoms with Crippen molar-refractivity contribution in [2.75, 3.05) is 11.9 Å². The molecule has 6 heteroatoms. The van der Waals surface area contributed by atoms with Crippen LogP contribution in [-0.2, 0) is 0 Å². The monoisotopic (exact) mass is 275 g/mol. The molecular weight excluding hydrogens is 254 g/mol. The first kappa shape index (κ1) is 13.3. The zero-order valence-electron chi connectivity index (χ0n) is 11.8. The summed E-state index contributed by atoms with van der Waals surface area (Å²) in [7, 11) is 0. The van der Waals surface area contributed by atoms with Crippen LogP contribution in [0.5, 0.6) is 0 Å². The second-order valence-electron chi connectivity index (χ2n) is 5.58. The van der Waals surface area contributed by atoms with E-state index >= 15 is 0 Å². The Labute approximate surface area is 118 Å². The van der Waals surface area contributed by atoms with Gasteiger partial charge in [0.05, 0.1) is 6.10 Å². The largest absolute Gasteiger partial charge is 0.391 e. The molecule has 2 aromatic heterocycles. The molecule has 0 saturated heterocycles. The zero-order chi connectivity index (χ0) is 13.9. The van der Waals surface area contributed by atoms with Crippen LogP contribution in [0.2, 0.25) is 0 Å². The van der Waals surface area contributed by atoms with Crippen molar-refractivity contribution in [3.8, 4) is 0 Å². The second-order valence-corrected chi connectivity index (χ2v) is 5.58. The van der Waals surface area contributed by atoms with E-state index in [0.29, 0.717) is 12.5 Å². The Bertz CT molecular complexity index is 576. The van der Waals surface area contributed by atoms with Gasteiger partial charge in [-0.05, 0) is 37.8 Å². The number of aliphatic hydroxyl groups excluding tert-OH is 1. The molecule has 2 heterocycles. The van der Waals surface area contributed by atoms with Crippen LogP contribution >= 0.6 is 0 Å². The SMILES string of the molecule is Cc1nnc2ccc(NCC(O)C3CCCCC3)nn12. The van der Waals surface area contributed by atoms with E-state index in [1.165, 1.54) is 19.3 Å². The van der Waals surface area contributed by atoms with E-state index in [1.807, 2.05) is 19.1 Å². The van der Waals surface area contributed by atoms with Crippen molar-refractivity contribution in [3.63, 3.8) is 0 Å². The topological polar surface area (TPSA) is 75.3 Å². The molecule has 3 rings (SSSR count). The smallest absolute Gasteiger partial charge is 0.178 e. The number of aliphatic hydroxyl groups is 1. The highest BCUT2D eigenvalue weighted by atomic mass is 16.3. The minimum Gasteiger partial charge on any atom is -0.391 e. The van der Waals surface area contributed by atoms with E-state index in [2.05, 4.69) is 20.6 Å². The Hall–Kier alpha value is -1.69. The number of nitrogens with zero attached hydrogens (tertiary/aromatic N) is 4. The van der Waals surface area contributed by atoms with Crippen LogP contribution in [0.15, 0.2) is 12.1 Å². The number of aromatic nitrogens is 4. The fraction of sp³-hybridized carbons (Fsp3) is 0.643. The molecule has 1 atom stereocenters. The summed E-state index contributed by atoms with van der Waals surface area (Å²) in [6, 6.07) is 3.75. The summed E-state index contributed by atoms with van der Waals surface area (Å²) in [4.78, 5) is 0. The fourth-order valence-electron chi connectivity index (χ4n) is 2.89. The molecule has 1 fully saturated rings. The Morgan fingerprint density at radius 2 is 2.10 bits per heavy atom. The highest BCUT2D eigenvalue weighted by Crippen LogP contribution is 2.26. The van der Waals surface area contributed by atoms with Crippen LogP contribution in [0.4, 0.5) is 5.82 Å². The number of anilines is 1. The Balaban J connectivity index is 1.62. The van der Waals surface area contributed by atoms with Crippen LogP contribution in [0.1, 0.15) is 37.9 Å². The third kappa shape index (κ3) is 2.75. The number of fused-ring (bicyclic) bond motifs is 1. The van der Waals surface area contributed by atoms with E-state index < -0.39 is 0 Å². The average molecular weight is 275 g/mol. The molecular formula is C14H21N5O. The zero-order valence-corrected chi connectivity index (χ0v) is 11.8. The number of nitrogens with one attached hydrogen (secondary N) is 1. The van der Waals surface area contributed by atoms with E-state index in [9.17, 15) is 5.11 Å². The number of aryl methyl sites for hydroxylation is 1. The van der Waals surface area contributed by atoms with Gasteiger partial charge in [-0.3, -0.25) is 0 Å². The second kappa shape index (κ2) is 5.75. The molecule has 20 heavy (non-hydrogen) atoms. The van der Waals surface area contributed by atoms with Crippen LogP contribution in [0.25, 0.3) is 5.65 Å². The number of hydrogen-bond donors (Lipinski definition) is 2. The predicted molar refractivity (Wildman–Crippen MR) is 76.6 cm³/mol. The van der Waals surface area contributed by atoms with Gasteiger partial charge in [0, 0.05) is 6.54 Å². The van der Waals surface area contributed by atoms with Gasteiger partial charge in [-0.1, -0.05) is 19.3 Å². The van der Waals surface area contributed by atoms with Crippen LogP contribution in [0.3, 0.4) is 0 Å². The summed E-state index contributed by atoms with van der Waals surface area (Å²) in [6.45, 7) is 2.41. The molecule has 0 aromatic carbocycles. The van der Waals surface area contributed by atoms with Crippen molar-refractivity contribution in [1.82, 2.24) is 19.8 Å². The summed E-state index contributed by atoms with van der Waals surface area (Å²) in [5.41, 5.74) is 0.737. The third-order valence-electron chi connectivity index (χ3n) is 4.11. The molecule has 2 aromatic rings. The van der Waals surface area contributed by atoms with E-state index in [0.717, 1.165) is 30.1 Å². The van der Waals surface area contributed by atoms with Gasteiger partial charge in [0.15, 0.2) is 11.5 Å². The Morgan fingerprint density at radius 1 is 1.30 bits per heavy atom. The van der Waals surface area contributed by atoms with Gasteiger partial charge in [-0.2, -0.15) is 4.52 Å². The van der Waals surface area contributed by atoms with Gasteiger partial charge >= 0.3 is 0 Å². The first-order chi connectivity index (χ1) is 9.74. The minimum absolute atomic E-state index is 0.296. The third-order valence-corrected chi connectivity index (χ3v) is 4.11. The van der Waals surface area contributed by atoms with Gasteiger partial charge < -0.3 is 10.4 Å². The van der Waals surface area contributed by atoms with Crippen LogP contribution < -0.4 is 5.32 Å². The normalized spacial score (nSPS) is 18.3. The maximum atomic E-state index is 10.2. The van der Waals surface area contributed by atoms with Gasteiger partial charge in [-0.15, -0.1) is 15.3 Å². The van der Waals surface area contributed by atoms with Crippen LogP contribution in [0, 0.1) is 12.8 Å². The molecule has 0 radical (unpaired) electrons. The molecule has 108 valence electrons. The van der Waals surface area contributed by atoms with E-state index in [1.54, 1.807) is 4.52 Å². The van der Waals surface area contributed by atoms with E-state index in [-0.39, 0.29) is 6.10 Å². The molecule has 0 aliphatic heterocycles. The van der Waals surface area contributed by atoms with Crippen molar-refractivity contribution in [2.24, 2.45) is 5.92 Å². The van der Waals surface area contributed by atoms with Crippen molar-refractivity contribution in [2.45, 2.75) is 45.1 Å². The van der Waals surface area contributed by atoms with Crippen molar-refractivity contribution in [3.05, 3.63) is 18.0 Å². The molecule has 1 saturated carbocycles. The van der Waals surface area contributed by atoms with Crippen LogP contribution in [-0.4, -0.2) is 37.6 Å². The highest BCUT2D eigenvalue weighted by molar-refractivity contribution is 5.43. The molecule has 2 N–H and O–H groups in total. The lowest BCUT2D eigenvalue weighted by Gasteiger charge is -2.26. The molecule has 0 spiro atoms. The summed E-state index contributed by atoms with van der Waals surface area (Å²) >= 11 is 0. The fourth-order valence-corrected chi connectivity index (χ4v) is 2.89. The van der Waals surface area contributed by atoms with Gasteiger partial charge in [-0.25, -0.2) is 0 Å². The molecule has 1 aliphatic carbocycles. The standard InChI is InChI=1S/C14H21N5O/c1-10-16-17-14-8-7-13(18-19(10)14)15-9-12(20)11-5-3-2-4-6-11/h7-8,11-12,20H,2-6,9H2,1H3,(H,15,18). The van der Waals surface area contributed by atoms with Crippen molar-refractivity contribution >= 4 is 11.5 Å². The molecule has 6 nitrogen and oxygen atoms in total. The maximum absolute atomic E-state index is 10.2. The maximum Gasteiger partial charge on any atom is 0.178 e. The summed E-state index contributed by atoms with van der Waals surface area (Å²) in [5, 5.41) is 25.9. The average Bonchev–Trinajstić information content (AvgIpc) is 2.87. The lowest BCUT2D eigenvalue weighted by Crippen LogP contribution is -2.30. The van der Waals surface area contributed by atoms with Crippen molar-refractivity contribution < 1.29 is 5.11 Å². The number of rotatable bonds is 4. The first-order valence-corrected chi connectivity index (χ1v) is 7.35. The Kier molecular flexibility index (Phi) is 3.82. The van der Waals surface area contributed by atoms with Crippen molar-refractivity contribution in [1.29, 1.82) is 0 Å². The summed E-state index contributed by atoms with van der Waals surface area (Å²) in [5.74, 6) is 1.93. The summed E-state index contributed by atoms with van der Waals surface area (Å²) in [6.07, 6.45) is 5.77. The summed E-state index contributed by atoms with van der Waals surface area (Å²) < 4.78 is 1.70. The quantitative estimate of drug-likeness (QED) is 0.889. The van der Waals surface area contributed by atoms with Gasteiger partial charge in [0.1, 0.15) is 5.82 Å². The van der Waals surface area contributed by atoms with E-state index in [4.69, 9.17) is 0 Å². The predicted octanol–water partition coefficient (Wildman–Crippen LogP) is 1.79. The molecule has 1 aliphatic rings. The lowest BCUT2D eigenvalue weighted by atomic mass is 9.85. The van der Waals surface area contributed by atoms with Gasteiger partial charge in [0.25, 0.3) is 0 Å². The molecule has 1 unspecified atom stereocenters. The number of hydrogen-bond acceptors (Lipinski definition) is 5. The first-order valence-electron chi connectivity index (χ1n) is 7.35. The Morgan fingerprint density at radius 3 is 2.90 bits per heavy atom. The highest BCUT2D eigenvalue weighted by Gasteiger charge is 2.21. The lowest BCUT2D eigenvalue weighted by molar-refractivity contribution is 0.0955.